The first kappa shape index (κ1) is 11.0. The Hall–Kier alpha value is -1.14. The molecule has 1 aromatic rings. The summed E-state index contributed by atoms with van der Waals surface area (Å²) < 4.78 is 5.12. The molecule has 3 heterocycles. The van der Waals surface area contributed by atoms with E-state index >= 15 is 0 Å². The number of amides is 1. The van der Waals surface area contributed by atoms with Crippen molar-refractivity contribution in [1.29, 1.82) is 0 Å². The Kier molecular flexibility index (Phi) is 2.76. The molecule has 0 saturated carbocycles. The zero-order valence-electron chi connectivity index (χ0n) is 9.55. The molecule has 1 fully saturated rings. The third kappa shape index (κ3) is 1.91. The Balaban J connectivity index is 1.78. The lowest BCUT2D eigenvalue weighted by molar-refractivity contribution is -0.0433. The van der Waals surface area contributed by atoms with E-state index < -0.39 is 0 Å². The largest absolute Gasteiger partial charge is 0.381 e. The van der Waals surface area contributed by atoms with Gasteiger partial charge in [0.05, 0.1) is 31.0 Å². The van der Waals surface area contributed by atoms with Gasteiger partial charge in [0.1, 0.15) is 0 Å². The number of aromatic nitrogens is 2. The Morgan fingerprint density at radius 3 is 3.06 bits per heavy atom. The number of ether oxygens (including phenoxy) is 1. The van der Waals surface area contributed by atoms with Gasteiger partial charge in [0.15, 0.2) is 5.16 Å². The smallest absolute Gasteiger partial charge is 0.257 e. The van der Waals surface area contributed by atoms with Gasteiger partial charge in [0.25, 0.3) is 5.91 Å². The molecule has 1 amide bonds. The fraction of sp³-hybridized carbons (Fsp3) is 0.545. The minimum Gasteiger partial charge on any atom is -0.381 e. The first-order chi connectivity index (χ1) is 8.28. The predicted octanol–water partition coefficient (Wildman–Crippen LogP) is 0.801. The molecule has 0 bridgehead atoms. The van der Waals surface area contributed by atoms with Crippen LogP contribution in [0.15, 0.2) is 11.4 Å². The van der Waals surface area contributed by atoms with Crippen LogP contribution in [0.3, 0.4) is 0 Å². The van der Waals surface area contributed by atoms with E-state index in [9.17, 15) is 4.79 Å². The fourth-order valence-electron chi connectivity index (χ4n) is 2.07. The Morgan fingerprint density at radius 1 is 1.59 bits per heavy atom. The maximum atomic E-state index is 12.1. The summed E-state index contributed by atoms with van der Waals surface area (Å²) in [5.41, 5.74) is 1.51. The van der Waals surface area contributed by atoms with Crippen LogP contribution < -0.4 is 0 Å². The van der Waals surface area contributed by atoms with Crippen LogP contribution in [0.2, 0.25) is 0 Å². The first-order valence-electron chi connectivity index (χ1n) is 5.55. The minimum absolute atomic E-state index is 0.0551. The number of hydrogen-bond donors (Lipinski definition) is 0. The van der Waals surface area contributed by atoms with Crippen molar-refractivity contribution in [3.05, 3.63) is 17.5 Å². The normalized spacial score (nSPS) is 19.4. The van der Waals surface area contributed by atoms with Crippen LogP contribution in [0.5, 0.6) is 0 Å². The topological polar surface area (TPSA) is 55.3 Å². The van der Waals surface area contributed by atoms with Gasteiger partial charge < -0.3 is 9.64 Å². The number of rotatable bonds is 3. The number of fused-ring (bicyclic) bond motifs is 1. The molecule has 0 aliphatic carbocycles. The molecule has 17 heavy (non-hydrogen) atoms. The number of hydrogen-bond acceptors (Lipinski definition) is 5. The van der Waals surface area contributed by atoms with Gasteiger partial charge in [-0.3, -0.25) is 4.79 Å². The molecule has 0 atom stereocenters. The highest BCUT2D eigenvalue weighted by molar-refractivity contribution is 7.98. The van der Waals surface area contributed by atoms with Crippen LogP contribution in [0.4, 0.5) is 0 Å². The molecule has 0 unspecified atom stereocenters. The fourth-order valence-corrected chi connectivity index (χ4v) is 2.43. The van der Waals surface area contributed by atoms with Crippen molar-refractivity contribution >= 4 is 17.7 Å². The van der Waals surface area contributed by atoms with Crippen molar-refractivity contribution in [3.8, 4) is 0 Å². The lowest BCUT2D eigenvalue weighted by Crippen LogP contribution is -2.39. The summed E-state index contributed by atoms with van der Waals surface area (Å²) >= 11 is 1.49. The van der Waals surface area contributed by atoms with Crippen LogP contribution >= 0.6 is 11.8 Å². The summed E-state index contributed by atoms with van der Waals surface area (Å²) in [7, 11) is 0. The summed E-state index contributed by atoms with van der Waals surface area (Å²) in [6.07, 6.45) is 3.58. The van der Waals surface area contributed by atoms with Crippen molar-refractivity contribution in [3.63, 3.8) is 0 Å². The van der Waals surface area contributed by atoms with E-state index in [1.54, 1.807) is 6.20 Å². The van der Waals surface area contributed by atoms with Gasteiger partial charge in [-0.1, -0.05) is 11.8 Å². The zero-order valence-corrected chi connectivity index (χ0v) is 10.4. The Labute approximate surface area is 104 Å². The van der Waals surface area contributed by atoms with Gasteiger partial charge in [-0.2, -0.15) is 0 Å². The molecule has 5 nitrogen and oxygen atoms in total. The second-order valence-electron chi connectivity index (χ2n) is 4.31. The van der Waals surface area contributed by atoms with Crippen LogP contribution in [-0.2, 0) is 11.3 Å². The van der Waals surface area contributed by atoms with Crippen molar-refractivity contribution < 1.29 is 9.53 Å². The molecule has 0 aromatic carbocycles. The van der Waals surface area contributed by atoms with Gasteiger partial charge >= 0.3 is 0 Å². The van der Waals surface area contributed by atoms with Gasteiger partial charge in [-0.15, -0.1) is 0 Å². The standard InChI is InChI=1S/C11H13N3O2S/c1-17-11-12-2-8-9(13-11)4-14(10(8)15)3-7-5-16-6-7/h2,7H,3-6H2,1H3. The van der Waals surface area contributed by atoms with Crippen molar-refractivity contribution in [2.75, 3.05) is 26.0 Å². The highest BCUT2D eigenvalue weighted by Gasteiger charge is 2.32. The van der Waals surface area contributed by atoms with Crippen molar-refractivity contribution in [1.82, 2.24) is 14.9 Å². The predicted molar refractivity (Wildman–Crippen MR) is 62.9 cm³/mol. The lowest BCUT2D eigenvalue weighted by Gasteiger charge is -2.29. The van der Waals surface area contributed by atoms with Crippen LogP contribution in [0, 0.1) is 5.92 Å². The average molecular weight is 251 g/mol. The van der Waals surface area contributed by atoms with Gasteiger partial charge in [0, 0.05) is 18.7 Å². The number of nitrogens with zero attached hydrogens (tertiary/aromatic N) is 3. The quantitative estimate of drug-likeness (QED) is 0.587. The highest BCUT2D eigenvalue weighted by Crippen LogP contribution is 2.24. The first-order valence-corrected chi connectivity index (χ1v) is 6.77. The van der Waals surface area contributed by atoms with Crippen LogP contribution in [0.25, 0.3) is 0 Å². The van der Waals surface area contributed by atoms with Gasteiger partial charge in [-0.25, -0.2) is 9.97 Å². The van der Waals surface area contributed by atoms with Gasteiger partial charge in [0.2, 0.25) is 0 Å². The SMILES string of the molecule is CSc1ncc2c(n1)CN(CC1COC1)C2=O. The minimum atomic E-state index is 0.0551. The van der Waals surface area contributed by atoms with E-state index in [0.29, 0.717) is 18.0 Å². The lowest BCUT2D eigenvalue weighted by atomic mass is 10.1. The molecule has 1 saturated heterocycles. The summed E-state index contributed by atoms with van der Waals surface area (Å²) in [6, 6.07) is 0. The molecule has 2 aliphatic heterocycles. The van der Waals surface area contributed by atoms with Crippen molar-refractivity contribution in [2.45, 2.75) is 11.7 Å². The average Bonchev–Trinajstić information content (AvgIpc) is 2.60. The number of thioether (sulfide) groups is 1. The van der Waals surface area contributed by atoms with Gasteiger partial charge in [-0.05, 0) is 6.26 Å². The highest BCUT2D eigenvalue weighted by atomic mass is 32.2. The molecule has 3 rings (SSSR count). The molecular weight excluding hydrogens is 238 g/mol. The van der Waals surface area contributed by atoms with Crippen molar-refractivity contribution in [2.24, 2.45) is 5.92 Å². The summed E-state index contributed by atoms with van der Waals surface area (Å²) in [4.78, 5) is 22.4. The van der Waals surface area contributed by atoms with Crippen LogP contribution in [0.1, 0.15) is 16.1 Å². The van der Waals surface area contributed by atoms with E-state index in [1.807, 2.05) is 11.2 Å². The summed E-state index contributed by atoms with van der Waals surface area (Å²) in [5, 5.41) is 0.727. The summed E-state index contributed by atoms with van der Waals surface area (Å²) in [6.45, 7) is 2.91. The second kappa shape index (κ2) is 4.27. The van der Waals surface area contributed by atoms with E-state index in [2.05, 4.69) is 9.97 Å². The Bertz CT molecular complexity index is 462. The Morgan fingerprint density at radius 2 is 2.41 bits per heavy atom. The third-order valence-corrected chi connectivity index (χ3v) is 3.63. The number of carbonyl (C=O) groups is 1. The third-order valence-electron chi connectivity index (χ3n) is 3.07. The van der Waals surface area contributed by atoms with E-state index in [0.717, 1.165) is 30.6 Å². The number of carbonyl (C=O) groups excluding carboxylic acids is 1. The molecule has 2 aliphatic rings. The molecule has 0 radical (unpaired) electrons. The molecular formula is C11H13N3O2S. The van der Waals surface area contributed by atoms with E-state index in [1.165, 1.54) is 11.8 Å². The maximum Gasteiger partial charge on any atom is 0.257 e. The van der Waals surface area contributed by atoms with E-state index in [4.69, 9.17) is 4.74 Å². The molecule has 1 aromatic heterocycles. The molecule has 0 N–H and O–H groups in total. The summed E-state index contributed by atoms with van der Waals surface area (Å²) in [5.74, 6) is 0.542. The maximum absolute atomic E-state index is 12.1. The zero-order chi connectivity index (χ0) is 11.8. The molecule has 90 valence electrons. The van der Waals surface area contributed by atoms with E-state index in [-0.39, 0.29) is 5.91 Å². The monoisotopic (exact) mass is 251 g/mol. The van der Waals surface area contributed by atoms with Crippen LogP contribution in [-0.4, -0.2) is 46.8 Å². The second-order valence-corrected chi connectivity index (χ2v) is 5.08. The molecule has 6 heteroatoms. The molecule has 0 spiro atoms.